The molecule has 29 heavy (non-hydrogen) atoms. The van der Waals surface area contributed by atoms with Gasteiger partial charge in [0.2, 0.25) is 9.84 Å². The maximum atomic E-state index is 13.5. The highest BCUT2D eigenvalue weighted by atomic mass is 32.2. The average Bonchev–Trinajstić information content (AvgIpc) is 3.15. The zero-order chi connectivity index (χ0) is 21.8. The molecule has 158 valence electrons. The second-order valence-electron chi connectivity index (χ2n) is 6.39. The lowest BCUT2D eigenvalue weighted by molar-refractivity contribution is 0.0522. The van der Waals surface area contributed by atoms with Crippen LogP contribution in [0.2, 0.25) is 0 Å². The number of carbonyl (C=O) groups is 2. The molecular weight excluding hydrogens is 394 g/mol. The number of amides is 1. The predicted molar refractivity (Wildman–Crippen MR) is 108 cm³/mol. The molecule has 1 aromatic heterocycles. The molecule has 0 spiro atoms. The van der Waals surface area contributed by atoms with Gasteiger partial charge in [-0.25, -0.2) is 18.0 Å². The SMILES string of the molecule is CCOC(=O)c1cn(C(=O)N(CC)CC)nc1S(=O)(=O)c1c(C)cccc1CC. The molecule has 0 atom stereocenters. The van der Waals surface area contributed by atoms with Crippen LogP contribution < -0.4 is 0 Å². The lowest BCUT2D eigenvalue weighted by Crippen LogP contribution is -2.34. The van der Waals surface area contributed by atoms with E-state index < -0.39 is 26.9 Å². The number of aromatic nitrogens is 2. The van der Waals surface area contributed by atoms with E-state index in [-0.39, 0.29) is 17.1 Å². The van der Waals surface area contributed by atoms with E-state index in [0.717, 1.165) is 10.9 Å². The van der Waals surface area contributed by atoms with Gasteiger partial charge in [-0.1, -0.05) is 25.1 Å². The fourth-order valence-corrected chi connectivity index (χ4v) is 4.98. The molecule has 0 unspecified atom stereocenters. The molecule has 0 N–H and O–H groups in total. The third-order valence-corrected chi connectivity index (χ3v) is 6.54. The van der Waals surface area contributed by atoms with Crippen LogP contribution in [0.3, 0.4) is 0 Å². The van der Waals surface area contributed by atoms with E-state index in [4.69, 9.17) is 4.74 Å². The van der Waals surface area contributed by atoms with E-state index in [1.165, 1.54) is 4.90 Å². The molecule has 0 aliphatic carbocycles. The van der Waals surface area contributed by atoms with Gasteiger partial charge in [0.1, 0.15) is 5.56 Å². The number of esters is 1. The zero-order valence-corrected chi connectivity index (χ0v) is 18.2. The molecule has 1 heterocycles. The van der Waals surface area contributed by atoms with Gasteiger partial charge in [0.25, 0.3) is 0 Å². The van der Waals surface area contributed by atoms with E-state index in [1.54, 1.807) is 45.9 Å². The molecule has 0 bridgehead atoms. The van der Waals surface area contributed by atoms with E-state index in [1.807, 2.05) is 6.92 Å². The van der Waals surface area contributed by atoms with Crippen LogP contribution in [0.5, 0.6) is 0 Å². The topological polar surface area (TPSA) is 98.6 Å². The number of rotatable bonds is 7. The number of carbonyl (C=O) groups excluding carboxylic acids is 2. The number of hydrogen-bond acceptors (Lipinski definition) is 6. The minimum absolute atomic E-state index is 0.0675. The molecule has 2 aromatic rings. The first kappa shape index (κ1) is 22.6. The van der Waals surface area contributed by atoms with Crippen LogP contribution in [0.15, 0.2) is 34.3 Å². The molecule has 2 rings (SSSR count). The van der Waals surface area contributed by atoms with Crippen LogP contribution >= 0.6 is 0 Å². The highest BCUT2D eigenvalue weighted by Crippen LogP contribution is 2.29. The van der Waals surface area contributed by atoms with Crippen molar-refractivity contribution in [2.24, 2.45) is 0 Å². The van der Waals surface area contributed by atoms with Crippen molar-refractivity contribution >= 4 is 21.8 Å². The predicted octanol–water partition coefficient (Wildman–Crippen LogP) is 3.07. The number of ether oxygens (including phenoxy) is 1. The highest BCUT2D eigenvalue weighted by Gasteiger charge is 2.33. The van der Waals surface area contributed by atoms with Crippen LogP contribution in [0, 0.1) is 6.92 Å². The Balaban J connectivity index is 2.73. The van der Waals surface area contributed by atoms with Crippen molar-refractivity contribution in [3.05, 3.63) is 41.1 Å². The van der Waals surface area contributed by atoms with Gasteiger partial charge in [0.05, 0.1) is 17.7 Å². The van der Waals surface area contributed by atoms with Gasteiger partial charge in [0, 0.05) is 13.1 Å². The van der Waals surface area contributed by atoms with Crippen LogP contribution in [-0.4, -0.2) is 54.8 Å². The standard InChI is InChI=1S/C20H27N3O5S/c1-6-15-12-10-11-14(5)17(15)29(26,27)18-16(19(24)28-9-4)13-23(21-18)20(25)22(7-2)8-3/h10-13H,6-9H2,1-5H3. The summed E-state index contributed by atoms with van der Waals surface area (Å²) in [5, 5.41) is 3.56. The summed E-state index contributed by atoms with van der Waals surface area (Å²) in [5.74, 6) is -0.837. The minimum Gasteiger partial charge on any atom is -0.462 e. The van der Waals surface area contributed by atoms with Crippen LogP contribution in [0.4, 0.5) is 4.79 Å². The Labute approximate surface area is 171 Å². The normalized spacial score (nSPS) is 11.3. The molecule has 0 aliphatic heterocycles. The molecule has 0 saturated carbocycles. The number of sulfone groups is 1. The van der Waals surface area contributed by atoms with Crippen molar-refractivity contribution in [1.29, 1.82) is 0 Å². The third kappa shape index (κ3) is 4.34. The lowest BCUT2D eigenvalue weighted by Gasteiger charge is -2.17. The van der Waals surface area contributed by atoms with Crippen LogP contribution in [0.25, 0.3) is 0 Å². The quantitative estimate of drug-likeness (QED) is 0.637. The molecular formula is C20H27N3O5S. The molecule has 1 amide bonds. The van der Waals surface area contributed by atoms with E-state index >= 15 is 0 Å². The van der Waals surface area contributed by atoms with Gasteiger partial charge >= 0.3 is 12.0 Å². The Morgan fingerprint density at radius 1 is 1.14 bits per heavy atom. The smallest absolute Gasteiger partial charge is 0.344 e. The Kier molecular flexibility index (Phi) is 7.18. The van der Waals surface area contributed by atoms with Crippen LogP contribution in [0.1, 0.15) is 49.2 Å². The van der Waals surface area contributed by atoms with Crippen molar-refractivity contribution in [2.45, 2.75) is 51.0 Å². The minimum atomic E-state index is -4.16. The Morgan fingerprint density at radius 2 is 1.79 bits per heavy atom. The van der Waals surface area contributed by atoms with Crippen molar-refractivity contribution < 1.29 is 22.7 Å². The van der Waals surface area contributed by atoms with Gasteiger partial charge in [-0.3, -0.25) is 0 Å². The number of aryl methyl sites for hydroxylation is 2. The molecule has 1 aromatic carbocycles. The summed E-state index contributed by atoms with van der Waals surface area (Å²) < 4.78 is 32.9. The molecule has 9 heteroatoms. The van der Waals surface area contributed by atoms with Gasteiger partial charge in [-0.2, -0.15) is 9.78 Å². The first-order chi connectivity index (χ1) is 13.7. The maximum Gasteiger partial charge on any atom is 0.344 e. The number of benzene rings is 1. The van der Waals surface area contributed by atoms with Crippen molar-refractivity contribution in [2.75, 3.05) is 19.7 Å². The molecule has 0 radical (unpaired) electrons. The van der Waals surface area contributed by atoms with Gasteiger partial charge in [-0.05, 0) is 45.2 Å². The van der Waals surface area contributed by atoms with E-state index in [0.29, 0.717) is 30.6 Å². The first-order valence-electron chi connectivity index (χ1n) is 9.62. The molecule has 0 aliphatic rings. The Hall–Kier alpha value is -2.68. The zero-order valence-electron chi connectivity index (χ0n) is 17.4. The first-order valence-corrected chi connectivity index (χ1v) is 11.1. The van der Waals surface area contributed by atoms with Crippen molar-refractivity contribution in [3.8, 4) is 0 Å². The highest BCUT2D eigenvalue weighted by molar-refractivity contribution is 7.91. The summed E-state index contributed by atoms with van der Waals surface area (Å²) in [6.45, 7) is 9.67. The largest absolute Gasteiger partial charge is 0.462 e. The monoisotopic (exact) mass is 421 g/mol. The Morgan fingerprint density at radius 3 is 2.34 bits per heavy atom. The molecule has 0 saturated heterocycles. The molecule has 8 nitrogen and oxygen atoms in total. The number of hydrogen-bond donors (Lipinski definition) is 0. The fourth-order valence-electron chi connectivity index (χ4n) is 3.12. The Bertz CT molecular complexity index is 1010. The van der Waals surface area contributed by atoms with Crippen LogP contribution in [-0.2, 0) is 21.0 Å². The van der Waals surface area contributed by atoms with Crippen molar-refractivity contribution in [1.82, 2.24) is 14.7 Å². The maximum absolute atomic E-state index is 13.5. The lowest BCUT2D eigenvalue weighted by atomic mass is 10.1. The second kappa shape index (κ2) is 9.21. The summed E-state index contributed by atoms with van der Waals surface area (Å²) >= 11 is 0. The summed E-state index contributed by atoms with van der Waals surface area (Å²) in [4.78, 5) is 26.7. The van der Waals surface area contributed by atoms with Gasteiger partial charge in [0.15, 0.2) is 5.03 Å². The summed E-state index contributed by atoms with van der Waals surface area (Å²) in [7, 11) is -4.16. The van der Waals surface area contributed by atoms with E-state index in [2.05, 4.69) is 5.10 Å². The van der Waals surface area contributed by atoms with E-state index in [9.17, 15) is 18.0 Å². The van der Waals surface area contributed by atoms with Crippen molar-refractivity contribution in [3.63, 3.8) is 0 Å². The summed E-state index contributed by atoms with van der Waals surface area (Å²) in [6, 6.07) is 4.68. The second-order valence-corrected chi connectivity index (χ2v) is 8.19. The molecule has 0 fully saturated rings. The van der Waals surface area contributed by atoms with Gasteiger partial charge in [-0.15, -0.1) is 0 Å². The fraction of sp³-hybridized carbons (Fsp3) is 0.450. The summed E-state index contributed by atoms with van der Waals surface area (Å²) in [6.07, 6.45) is 1.62. The van der Waals surface area contributed by atoms with Gasteiger partial charge < -0.3 is 9.64 Å². The average molecular weight is 422 g/mol. The summed E-state index contributed by atoms with van der Waals surface area (Å²) in [5.41, 5.74) is 0.908. The third-order valence-electron chi connectivity index (χ3n) is 4.60. The number of nitrogens with zero attached hydrogens (tertiary/aromatic N) is 3.